The fourth-order valence-corrected chi connectivity index (χ4v) is 4.95. The van der Waals surface area contributed by atoms with Gasteiger partial charge in [-0.15, -0.1) is 0 Å². The van der Waals surface area contributed by atoms with Gasteiger partial charge in [-0.2, -0.15) is 18.3 Å². The number of halogens is 4. The molecule has 2 saturated heterocycles. The van der Waals surface area contributed by atoms with Crippen molar-refractivity contribution in [3.8, 4) is 0 Å². The zero-order valence-electron chi connectivity index (χ0n) is 20.8. The summed E-state index contributed by atoms with van der Waals surface area (Å²) in [6, 6.07) is 4.74. The van der Waals surface area contributed by atoms with E-state index in [0.717, 1.165) is 50.5 Å². The SMILES string of the molecule is Cn1cc2cc(NC(=O)N3CCc4c(N5CCNC6(COC6)C5)ccnc43)cc(F)c2n1.O=C(O)C(F)(F)F. The Morgan fingerprint density at radius 1 is 1.23 bits per heavy atom. The van der Waals surface area contributed by atoms with E-state index in [1.54, 1.807) is 35.1 Å². The molecule has 0 aliphatic carbocycles. The zero-order chi connectivity index (χ0) is 27.9. The largest absolute Gasteiger partial charge is 0.490 e. The number of rotatable bonds is 2. The summed E-state index contributed by atoms with van der Waals surface area (Å²) >= 11 is 0. The quantitative estimate of drug-likeness (QED) is 0.415. The number of amides is 2. The summed E-state index contributed by atoms with van der Waals surface area (Å²) in [4.78, 5) is 30.5. The van der Waals surface area contributed by atoms with Crippen LogP contribution in [0.2, 0.25) is 0 Å². The Labute approximate surface area is 219 Å². The molecule has 2 fully saturated rings. The average molecular weight is 552 g/mol. The number of piperazine rings is 1. The van der Waals surface area contributed by atoms with Crippen molar-refractivity contribution in [2.24, 2.45) is 7.05 Å². The molecule has 208 valence electrons. The summed E-state index contributed by atoms with van der Waals surface area (Å²) in [6.45, 7) is 4.65. The van der Waals surface area contributed by atoms with Crippen LogP contribution in [0.4, 0.5) is 39.5 Å². The maximum Gasteiger partial charge on any atom is 0.490 e. The molecule has 3 aliphatic heterocycles. The van der Waals surface area contributed by atoms with Gasteiger partial charge < -0.3 is 25.4 Å². The predicted octanol–water partition coefficient (Wildman–Crippen LogP) is 2.51. The number of carboxylic acids is 1. The zero-order valence-corrected chi connectivity index (χ0v) is 20.8. The number of ether oxygens (including phenoxy) is 1. The van der Waals surface area contributed by atoms with E-state index in [1.807, 2.05) is 6.07 Å². The third-order valence-electron chi connectivity index (χ3n) is 6.74. The van der Waals surface area contributed by atoms with Crippen LogP contribution in [0.25, 0.3) is 10.9 Å². The van der Waals surface area contributed by atoms with Crippen LogP contribution in [0.1, 0.15) is 5.56 Å². The van der Waals surface area contributed by atoms with Crippen LogP contribution in [0.3, 0.4) is 0 Å². The van der Waals surface area contributed by atoms with E-state index in [2.05, 4.69) is 25.6 Å². The summed E-state index contributed by atoms with van der Waals surface area (Å²) in [5.41, 5.74) is 2.91. The number of urea groups is 1. The number of aryl methyl sites for hydroxylation is 1. The van der Waals surface area contributed by atoms with Crippen LogP contribution in [0.5, 0.6) is 0 Å². The molecule has 3 N–H and O–H groups in total. The summed E-state index contributed by atoms with van der Waals surface area (Å²) in [6.07, 6.45) is -0.872. The van der Waals surface area contributed by atoms with Gasteiger partial charge in [0, 0.05) is 67.9 Å². The Kier molecular flexibility index (Phi) is 6.80. The molecule has 3 aliphatic rings. The number of hydrogen-bond acceptors (Lipinski definition) is 7. The summed E-state index contributed by atoms with van der Waals surface area (Å²) in [5.74, 6) is -2.55. The summed E-state index contributed by atoms with van der Waals surface area (Å²) in [7, 11) is 1.74. The number of alkyl halides is 3. The second-order valence-electron chi connectivity index (χ2n) is 9.59. The molecular weight excluding hydrogens is 526 g/mol. The molecule has 6 rings (SSSR count). The van der Waals surface area contributed by atoms with Crippen molar-refractivity contribution in [2.45, 2.75) is 18.1 Å². The number of hydrogen-bond donors (Lipinski definition) is 3. The van der Waals surface area contributed by atoms with E-state index in [-0.39, 0.29) is 17.1 Å². The minimum absolute atomic E-state index is 0.0269. The van der Waals surface area contributed by atoms with Crippen molar-refractivity contribution in [2.75, 3.05) is 54.5 Å². The number of aromatic nitrogens is 3. The third kappa shape index (κ3) is 5.31. The molecule has 15 heteroatoms. The van der Waals surface area contributed by atoms with Gasteiger partial charge in [0.05, 0.1) is 18.8 Å². The first kappa shape index (κ1) is 26.6. The number of nitrogens with zero attached hydrogens (tertiary/aromatic N) is 5. The Balaban J connectivity index is 0.000000392. The molecule has 0 atom stereocenters. The molecule has 0 radical (unpaired) electrons. The van der Waals surface area contributed by atoms with Gasteiger partial charge in [0.1, 0.15) is 11.3 Å². The fourth-order valence-electron chi connectivity index (χ4n) is 4.95. The van der Waals surface area contributed by atoms with Gasteiger partial charge in [-0.05, 0) is 24.6 Å². The lowest BCUT2D eigenvalue weighted by Gasteiger charge is -2.49. The second kappa shape index (κ2) is 9.96. The lowest BCUT2D eigenvalue weighted by atomic mass is 9.93. The first-order valence-electron chi connectivity index (χ1n) is 12.0. The van der Waals surface area contributed by atoms with Crippen molar-refractivity contribution < 1.29 is 37.0 Å². The van der Waals surface area contributed by atoms with E-state index in [1.165, 1.54) is 6.07 Å². The number of anilines is 3. The van der Waals surface area contributed by atoms with E-state index >= 15 is 0 Å². The first-order chi connectivity index (χ1) is 18.5. The van der Waals surface area contributed by atoms with Crippen LogP contribution >= 0.6 is 0 Å². The standard InChI is InChI=1S/C22H24FN7O2.C2HF3O2/c1-28-10-14-8-15(9-17(23)19(14)27-28)26-21(31)30-6-3-16-18(2-4-24-20(16)30)29-7-5-25-22(11-29)12-32-13-22;3-2(4,5)1(6)7/h2,4,8-10,25H,3,5-7,11-13H2,1H3,(H,26,31);(H,6,7). The average Bonchev–Trinajstić information content (AvgIpc) is 3.46. The number of pyridine rings is 1. The molecule has 0 unspecified atom stereocenters. The second-order valence-corrected chi connectivity index (χ2v) is 9.59. The molecule has 3 aromatic rings. The number of carbonyl (C=O) groups is 2. The topological polar surface area (TPSA) is 125 Å². The van der Waals surface area contributed by atoms with E-state index in [0.29, 0.717) is 23.4 Å². The number of carboxylic acid groups (broad SMARTS) is 1. The van der Waals surface area contributed by atoms with Crippen molar-refractivity contribution in [1.29, 1.82) is 0 Å². The lowest BCUT2D eigenvalue weighted by molar-refractivity contribution is -0.192. The molecular formula is C24H25F4N7O4. The number of benzene rings is 1. The molecule has 1 spiro atoms. The molecule has 0 saturated carbocycles. The smallest absolute Gasteiger partial charge is 0.475 e. The normalized spacial score (nSPS) is 17.9. The van der Waals surface area contributed by atoms with Gasteiger partial charge in [-0.3, -0.25) is 9.58 Å². The van der Waals surface area contributed by atoms with Gasteiger partial charge in [0.2, 0.25) is 0 Å². The Morgan fingerprint density at radius 3 is 2.64 bits per heavy atom. The highest BCUT2D eigenvalue weighted by Gasteiger charge is 2.43. The molecule has 0 bridgehead atoms. The van der Waals surface area contributed by atoms with Crippen molar-refractivity contribution in [3.63, 3.8) is 0 Å². The maximum atomic E-state index is 14.4. The van der Waals surface area contributed by atoms with Crippen molar-refractivity contribution in [1.82, 2.24) is 20.1 Å². The highest BCUT2D eigenvalue weighted by Crippen LogP contribution is 2.36. The van der Waals surface area contributed by atoms with Gasteiger partial charge in [0.15, 0.2) is 5.82 Å². The third-order valence-corrected chi connectivity index (χ3v) is 6.74. The Bertz CT molecular complexity index is 1420. The van der Waals surface area contributed by atoms with Gasteiger partial charge in [-0.1, -0.05) is 0 Å². The monoisotopic (exact) mass is 551 g/mol. The van der Waals surface area contributed by atoms with Gasteiger partial charge >= 0.3 is 18.2 Å². The van der Waals surface area contributed by atoms with E-state index < -0.39 is 18.0 Å². The van der Waals surface area contributed by atoms with Crippen molar-refractivity contribution in [3.05, 3.63) is 42.0 Å². The number of aliphatic carboxylic acids is 1. The highest BCUT2D eigenvalue weighted by atomic mass is 19.4. The van der Waals surface area contributed by atoms with Crippen LogP contribution in [0, 0.1) is 5.82 Å². The lowest BCUT2D eigenvalue weighted by Crippen LogP contribution is -2.70. The summed E-state index contributed by atoms with van der Waals surface area (Å²) in [5, 5.41) is 18.3. The summed E-state index contributed by atoms with van der Waals surface area (Å²) < 4.78 is 53.1. The number of fused-ring (bicyclic) bond motifs is 2. The van der Waals surface area contributed by atoms with E-state index in [9.17, 15) is 22.4 Å². The molecule has 39 heavy (non-hydrogen) atoms. The van der Waals surface area contributed by atoms with E-state index in [4.69, 9.17) is 14.6 Å². The van der Waals surface area contributed by atoms with Crippen LogP contribution < -0.4 is 20.4 Å². The molecule has 11 nitrogen and oxygen atoms in total. The number of nitrogens with one attached hydrogen (secondary N) is 2. The molecule has 2 amide bonds. The van der Waals surface area contributed by atoms with Gasteiger partial charge in [0.25, 0.3) is 0 Å². The van der Waals surface area contributed by atoms with Crippen LogP contribution in [0.15, 0.2) is 30.6 Å². The maximum absolute atomic E-state index is 14.4. The molecule has 2 aromatic heterocycles. The fraction of sp³-hybridized carbons (Fsp3) is 0.417. The van der Waals surface area contributed by atoms with Crippen LogP contribution in [-0.4, -0.2) is 83.0 Å². The van der Waals surface area contributed by atoms with Crippen LogP contribution in [-0.2, 0) is 23.0 Å². The predicted molar refractivity (Wildman–Crippen MR) is 132 cm³/mol. The minimum Gasteiger partial charge on any atom is -0.475 e. The Hall–Kier alpha value is -3.98. The molecule has 1 aromatic carbocycles. The highest BCUT2D eigenvalue weighted by molar-refractivity contribution is 6.04. The molecule has 5 heterocycles. The first-order valence-corrected chi connectivity index (χ1v) is 12.0. The minimum atomic E-state index is -5.08. The van der Waals surface area contributed by atoms with Crippen molar-refractivity contribution >= 4 is 40.1 Å². The van der Waals surface area contributed by atoms with Gasteiger partial charge in [-0.25, -0.2) is 19.0 Å². The Morgan fingerprint density at radius 2 is 1.97 bits per heavy atom. The number of carbonyl (C=O) groups excluding carboxylic acids is 1.